The van der Waals surface area contributed by atoms with Crippen molar-refractivity contribution in [2.45, 2.75) is 13.8 Å². The first-order valence-corrected chi connectivity index (χ1v) is 7.10. The number of phenolic OH excluding ortho intramolecular Hbond substituents is 1. The van der Waals surface area contributed by atoms with Gasteiger partial charge in [-0.1, -0.05) is 6.07 Å². The number of ether oxygens (including phenoxy) is 1. The lowest BCUT2D eigenvalue weighted by molar-refractivity contribution is 0.409. The summed E-state index contributed by atoms with van der Waals surface area (Å²) in [6.07, 6.45) is 0. The highest BCUT2D eigenvalue weighted by molar-refractivity contribution is 5.69. The van der Waals surface area contributed by atoms with Gasteiger partial charge in [0.15, 0.2) is 0 Å². The molecule has 0 atom stereocenters. The Hall–Kier alpha value is -2.75. The molecule has 0 aliphatic carbocycles. The highest BCUT2D eigenvalue weighted by Gasteiger charge is 2.11. The number of nitrogens with zero attached hydrogens (tertiary/aromatic N) is 2. The van der Waals surface area contributed by atoms with Crippen LogP contribution in [0.15, 0.2) is 48.5 Å². The van der Waals surface area contributed by atoms with Gasteiger partial charge >= 0.3 is 0 Å². The van der Waals surface area contributed by atoms with Crippen molar-refractivity contribution >= 4 is 0 Å². The third-order valence-electron chi connectivity index (χ3n) is 3.70. The molecule has 4 heteroatoms. The topological polar surface area (TPSA) is 47.3 Å². The maximum Gasteiger partial charge on any atom is 0.137 e. The number of phenols is 1. The van der Waals surface area contributed by atoms with Gasteiger partial charge in [-0.05, 0) is 50.2 Å². The van der Waals surface area contributed by atoms with Gasteiger partial charge < -0.3 is 14.4 Å². The first kappa shape index (κ1) is 14.2. The van der Waals surface area contributed by atoms with Gasteiger partial charge in [0.05, 0.1) is 12.8 Å². The Morgan fingerprint density at radius 3 is 2.41 bits per heavy atom. The normalized spacial score (nSPS) is 10.7. The van der Waals surface area contributed by atoms with Crippen LogP contribution in [-0.4, -0.2) is 21.8 Å². The monoisotopic (exact) mass is 294 g/mol. The largest absolute Gasteiger partial charge is 0.508 e. The number of aromatic hydroxyl groups is 1. The van der Waals surface area contributed by atoms with Crippen LogP contribution in [0, 0.1) is 13.8 Å². The lowest BCUT2D eigenvalue weighted by atomic mass is 10.1. The summed E-state index contributed by atoms with van der Waals surface area (Å²) in [7, 11) is 1.59. The van der Waals surface area contributed by atoms with E-state index in [0.29, 0.717) is 5.75 Å². The van der Waals surface area contributed by atoms with Crippen LogP contribution in [0.25, 0.3) is 17.1 Å². The van der Waals surface area contributed by atoms with Crippen molar-refractivity contribution in [2.24, 2.45) is 0 Å². The summed E-state index contributed by atoms with van der Waals surface area (Å²) >= 11 is 0. The molecular weight excluding hydrogens is 276 g/mol. The summed E-state index contributed by atoms with van der Waals surface area (Å²) in [6.45, 7) is 4.12. The van der Waals surface area contributed by atoms with E-state index in [0.717, 1.165) is 28.5 Å². The van der Waals surface area contributed by atoms with Crippen molar-refractivity contribution in [3.8, 4) is 28.6 Å². The number of pyridine rings is 1. The van der Waals surface area contributed by atoms with Crippen molar-refractivity contribution < 1.29 is 9.84 Å². The van der Waals surface area contributed by atoms with Crippen LogP contribution < -0.4 is 4.74 Å². The van der Waals surface area contributed by atoms with Gasteiger partial charge in [0.25, 0.3) is 0 Å². The van der Waals surface area contributed by atoms with Gasteiger partial charge in [0.1, 0.15) is 17.3 Å². The van der Waals surface area contributed by atoms with E-state index >= 15 is 0 Å². The molecule has 0 amide bonds. The summed E-state index contributed by atoms with van der Waals surface area (Å²) in [5, 5.41) is 9.59. The van der Waals surface area contributed by atoms with Gasteiger partial charge in [-0.15, -0.1) is 0 Å². The third kappa shape index (κ3) is 2.44. The van der Waals surface area contributed by atoms with Crippen LogP contribution in [0.4, 0.5) is 0 Å². The van der Waals surface area contributed by atoms with Crippen LogP contribution in [0.5, 0.6) is 11.5 Å². The molecule has 22 heavy (non-hydrogen) atoms. The van der Waals surface area contributed by atoms with Crippen LogP contribution >= 0.6 is 0 Å². The number of aryl methyl sites for hydroxylation is 2. The van der Waals surface area contributed by atoms with Crippen molar-refractivity contribution in [3.05, 3.63) is 59.9 Å². The minimum atomic E-state index is 0.175. The molecule has 1 aromatic carbocycles. The van der Waals surface area contributed by atoms with E-state index in [4.69, 9.17) is 9.72 Å². The summed E-state index contributed by atoms with van der Waals surface area (Å²) < 4.78 is 7.46. The van der Waals surface area contributed by atoms with Crippen LogP contribution in [0.2, 0.25) is 0 Å². The van der Waals surface area contributed by atoms with Gasteiger partial charge in [-0.2, -0.15) is 0 Å². The number of methoxy groups -OCH3 is 1. The van der Waals surface area contributed by atoms with Crippen LogP contribution in [0.3, 0.4) is 0 Å². The van der Waals surface area contributed by atoms with Crippen molar-refractivity contribution in [1.29, 1.82) is 0 Å². The molecule has 3 rings (SSSR count). The van der Waals surface area contributed by atoms with E-state index in [1.807, 2.05) is 24.3 Å². The van der Waals surface area contributed by atoms with Crippen LogP contribution in [0.1, 0.15) is 11.4 Å². The van der Waals surface area contributed by atoms with E-state index in [1.54, 1.807) is 19.2 Å². The molecule has 112 valence electrons. The second-order valence-corrected chi connectivity index (χ2v) is 5.22. The number of benzene rings is 1. The smallest absolute Gasteiger partial charge is 0.137 e. The predicted molar refractivity (Wildman–Crippen MR) is 86.7 cm³/mol. The molecule has 0 saturated carbocycles. The minimum Gasteiger partial charge on any atom is -0.508 e. The molecular formula is C18H18N2O2. The van der Waals surface area contributed by atoms with E-state index in [-0.39, 0.29) is 5.75 Å². The Kier molecular flexibility index (Phi) is 3.59. The molecule has 2 aromatic heterocycles. The fraction of sp³-hybridized carbons (Fsp3) is 0.167. The second kappa shape index (κ2) is 5.56. The molecule has 3 aromatic rings. The number of hydrogen-bond donors (Lipinski definition) is 1. The van der Waals surface area contributed by atoms with E-state index in [2.05, 4.69) is 30.5 Å². The maximum absolute atomic E-state index is 9.59. The first-order valence-electron chi connectivity index (χ1n) is 7.10. The Morgan fingerprint density at radius 1 is 1.00 bits per heavy atom. The summed E-state index contributed by atoms with van der Waals surface area (Å²) in [5.74, 6) is 1.65. The molecule has 0 spiro atoms. The second-order valence-electron chi connectivity index (χ2n) is 5.22. The molecule has 0 radical (unpaired) electrons. The highest BCUT2D eigenvalue weighted by atomic mass is 16.5. The molecule has 1 N–H and O–H groups in total. The number of aromatic nitrogens is 2. The minimum absolute atomic E-state index is 0.175. The SMILES string of the molecule is COc1cc(O)ccc1-c1cccc(-n2c(C)ccc2C)n1. The third-order valence-corrected chi connectivity index (χ3v) is 3.70. The molecule has 0 bridgehead atoms. The molecule has 4 nitrogen and oxygen atoms in total. The fourth-order valence-corrected chi connectivity index (χ4v) is 2.62. The quantitative estimate of drug-likeness (QED) is 0.797. The fourth-order valence-electron chi connectivity index (χ4n) is 2.62. The first-order chi connectivity index (χ1) is 10.6. The molecule has 0 aliphatic heterocycles. The van der Waals surface area contributed by atoms with Gasteiger partial charge in [-0.3, -0.25) is 0 Å². The average molecular weight is 294 g/mol. The zero-order chi connectivity index (χ0) is 15.7. The number of hydrogen-bond acceptors (Lipinski definition) is 3. The highest BCUT2D eigenvalue weighted by Crippen LogP contribution is 2.32. The molecule has 0 aliphatic rings. The molecule has 2 heterocycles. The van der Waals surface area contributed by atoms with E-state index in [1.165, 1.54) is 0 Å². The zero-order valence-corrected chi connectivity index (χ0v) is 12.9. The Morgan fingerprint density at radius 2 is 1.73 bits per heavy atom. The van der Waals surface area contributed by atoms with Gasteiger partial charge in [0.2, 0.25) is 0 Å². The molecule has 0 unspecified atom stereocenters. The summed E-state index contributed by atoms with van der Waals surface area (Å²) in [6, 6.07) is 15.1. The predicted octanol–water partition coefficient (Wildman–Crippen LogP) is 3.87. The van der Waals surface area contributed by atoms with Crippen molar-refractivity contribution in [1.82, 2.24) is 9.55 Å². The number of rotatable bonds is 3. The molecule has 0 saturated heterocycles. The standard InChI is InChI=1S/C18H18N2O2/c1-12-7-8-13(2)20(12)18-6-4-5-16(19-18)15-10-9-14(21)11-17(15)22-3/h4-11,21H,1-3H3. The van der Waals surface area contributed by atoms with Crippen LogP contribution in [-0.2, 0) is 0 Å². The Labute approximate surface area is 129 Å². The van der Waals surface area contributed by atoms with Gasteiger partial charge in [0, 0.05) is 23.0 Å². The summed E-state index contributed by atoms with van der Waals surface area (Å²) in [5.41, 5.74) is 3.94. The van der Waals surface area contributed by atoms with Crippen molar-refractivity contribution in [3.63, 3.8) is 0 Å². The van der Waals surface area contributed by atoms with E-state index < -0.39 is 0 Å². The Balaban J connectivity index is 2.13. The Bertz CT molecular complexity index is 802. The lowest BCUT2D eigenvalue weighted by Crippen LogP contribution is -2.02. The average Bonchev–Trinajstić information content (AvgIpc) is 2.86. The zero-order valence-electron chi connectivity index (χ0n) is 12.9. The summed E-state index contributed by atoms with van der Waals surface area (Å²) in [4.78, 5) is 4.75. The van der Waals surface area contributed by atoms with Crippen molar-refractivity contribution in [2.75, 3.05) is 7.11 Å². The molecule has 0 fully saturated rings. The van der Waals surface area contributed by atoms with E-state index in [9.17, 15) is 5.11 Å². The lowest BCUT2D eigenvalue weighted by Gasteiger charge is -2.12. The maximum atomic E-state index is 9.59. The van der Waals surface area contributed by atoms with Gasteiger partial charge in [-0.25, -0.2) is 4.98 Å².